The molecular weight excluding hydrogens is 166 g/mol. The van der Waals surface area contributed by atoms with Gasteiger partial charge in [0.05, 0.1) is 6.26 Å². The van der Waals surface area contributed by atoms with Crippen LogP contribution in [0.4, 0.5) is 0 Å². The number of rotatable bonds is 5. The second-order valence-electron chi connectivity index (χ2n) is 2.47. The number of hydrogen-bond donors (Lipinski definition) is 1. The van der Waals surface area contributed by atoms with E-state index in [0.29, 0.717) is 19.4 Å². The SMILES string of the molecule is CC(=O)CCCNS(C)(=O)=O. The largest absolute Gasteiger partial charge is 0.300 e. The highest BCUT2D eigenvalue weighted by Crippen LogP contribution is 1.88. The highest BCUT2D eigenvalue weighted by atomic mass is 32.2. The first-order valence-electron chi connectivity index (χ1n) is 3.36. The molecule has 0 bridgehead atoms. The Balaban J connectivity index is 3.37. The van der Waals surface area contributed by atoms with Crippen molar-refractivity contribution in [1.82, 2.24) is 4.72 Å². The molecule has 4 nitrogen and oxygen atoms in total. The van der Waals surface area contributed by atoms with Gasteiger partial charge in [-0.1, -0.05) is 0 Å². The number of ketones is 1. The average Bonchev–Trinajstić information content (AvgIpc) is 1.78. The zero-order chi connectivity index (χ0) is 8.91. The lowest BCUT2D eigenvalue weighted by atomic mass is 10.2. The first-order chi connectivity index (χ1) is 4.92. The molecule has 0 aliphatic carbocycles. The van der Waals surface area contributed by atoms with Crippen LogP contribution in [0, 0.1) is 0 Å². The molecule has 66 valence electrons. The Hall–Kier alpha value is -0.420. The number of nitrogens with one attached hydrogen (secondary N) is 1. The molecule has 0 aromatic carbocycles. The Bertz CT molecular complexity index is 220. The summed E-state index contributed by atoms with van der Waals surface area (Å²) in [6.45, 7) is 1.83. The molecule has 5 heteroatoms. The molecule has 11 heavy (non-hydrogen) atoms. The smallest absolute Gasteiger partial charge is 0.208 e. The zero-order valence-corrected chi connectivity index (χ0v) is 7.57. The van der Waals surface area contributed by atoms with E-state index in [1.807, 2.05) is 0 Å². The van der Waals surface area contributed by atoms with Crippen LogP contribution in [0.15, 0.2) is 0 Å². The van der Waals surface area contributed by atoms with Gasteiger partial charge in [-0.15, -0.1) is 0 Å². The van der Waals surface area contributed by atoms with Crippen LogP contribution >= 0.6 is 0 Å². The maximum absolute atomic E-state index is 10.5. The highest BCUT2D eigenvalue weighted by molar-refractivity contribution is 7.88. The van der Waals surface area contributed by atoms with E-state index in [1.165, 1.54) is 6.92 Å². The van der Waals surface area contributed by atoms with Crippen molar-refractivity contribution in [3.63, 3.8) is 0 Å². The molecule has 0 rings (SSSR count). The van der Waals surface area contributed by atoms with Gasteiger partial charge in [0.15, 0.2) is 0 Å². The van der Waals surface area contributed by atoms with Crippen LogP contribution in [-0.4, -0.2) is 27.0 Å². The van der Waals surface area contributed by atoms with Crippen molar-refractivity contribution in [2.75, 3.05) is 12.8 Å². The maximum Gasteiger partial charge on any atom is 0.208 e. The lowest BCUT2D eigenvalue weighted by molar-refractivity contribution is -0.117. The lowest BCUT2D eigenvalue weighted by Gasteiger charge is -1.98. The van der Waals surface area contributed by atoms with Gasteiger partial charge < -0.3 is 4.79 Å². The highest BCUT2D eigenvalue weighted by Gasteiger charge is 1.99. The Morgan fingerprint density at radius 1 is 1.45 bits per heavy atom. The molecule has 0 atom stereocenters. The molecule has 1 N–H and O–H groups in total. The van der Waals surface area contributed by atoms with Crippen molar-refractivity contribution in [3.8, 4) is 0 Å². The molecule has 0 spiro atoms. The van der Waals surface area contributed by atoms with Crippen LogP contribution in [-0.2, 0) is 14.8 Å². The van der Waals surface area contributed by atoms with Gasteiger partial charge in [-0.3, -0.25) is 0 Å². The van der Waals surface area contributed by atoms with Crippen LogP contribution in [0.3, 0.4) is 0 Å². The summed E-state index contributed by atoms with van der Waals surface area (Å²) in [6, 6.07) is 0. The van der Waals surface area contributed by atoms with E-state index >= 15 is 0 Å². The molecule has 0 saturated heterocycles. The van der Waals surface area contributed by atoms with Crippen molar-refractivity contribution >= 4 is 15.8 Å². The molecular formula is C6H13NO3S. The van der Waals surface area contributed by atoms with Gasteiger partial charge in [-0.2, -0.15) is 0 Å². The summed E-state index contributed by atoms with van der Waals surface area (Å²) in [4.78, 5) is 10.4. The second-order valence-corrected chi connectivity index (χ2v) is 4.31. The molecule has 0 unspecified atom stereocenters. The summed E-state index contributed by atoms with van der Waals surface area (Å²) < 4.78 is 23.3. The Kier molecular flexibility index (Phi) is 4.29. The molecule has 0 radical (unpaired) electrons. The number of sulfonamides is 1. The summed E-state index contributed by atoms with van der Waals surface area (Å²) in [5.74, 6) is 0.0836. The minimum Gasteiger partial charge on any atom is -0.300 e. The van der Waals surface area contributed by atoms with Gasteiger partial charge in [0.25, 0.3) is 0 Å². The van der Waals surface area contributed by atoms with Crippen molar-refractivity contribution < 1.29 is 13.2 Å². The Morgan fingerprint density at radius 2 is 2.00 bits per heavy atom. The topological polar surface area (TPSA) is 63.2 Å². The van der Waals surface area contributed by atoms with Crippen LogP contribution in [0.2, 0.25) is 0 Å². The normalized spacial score (nSPS) is 11.5. The van der Waals surface area contributed by atoms with Gasteiger partial charge in [0, 0.05) is 13.0 Å². The maximum atomic E-state index is 10.5. The van der Waals surface area contributed by atoms with Gasteiger partial charge in [0.2, 0.25) is 10.0 Å². The molecule has 0 aromatic heterocycles. The van der Waals surface area contributed by atoms with Crippen molar-refractivity contribution in [1.29, 1.82) is 0 Å². The molecule has 0 amide bonds. The van der Waals surface area contributed by atoms with Gasteiger partial charge in [-0.05, 0) is 13.3 Å². The summed E-state index contributed by atoms with van der Waals surface area (Å²) in [6.07, 6.45) is 2.10. The zero-order valence-electron chi connectivity index (χ0n) is 6.75. The molecule has 0 aliphatic heterocycles. The Morgan fingerprint density at radius 3 is 2.36 bits per heavy atom. The van der Waals surface area contributed by atoms with E-state index in [1.54, 1.807) is 0 Å². The second kappa shape index (κ2) is 4.46. The molecule has 0 aromatic rings. The summed E-state index contributed by atoms with van der Waals surface area (Å²) in [5.41, 5.74) is 0. The van der Waals surface area contributed by atoms with Gasteiger partial charge >= 0.3 is 0 Å². The Labute approximate surface area is 67.0 Å². The van der Waals surface area contributed by atoms with E-state index in [0.717, 1.165) is 6.26 Å². The monoisotopic (exact) mass is 179 g/mol. The lowest BCUT2D eigenvalue weighted by Crippen LogP contribution is -2.23. The third kappa shape index (κ3) is 9.58. The molecule has 0 aliphatic rings. The van der Waals surface area contributed by atoms with E-state index in [2.05, 4.69) is 4.72 Å². The van der Waals surface area contributed by atoms with Gasteiger partial charge in [0.1, 0.15) is 5.78 Å². The fourth-order valence-electron chi connectivity index (χ4n) is 0.595. The van der Waals surface area contributed by atoms with Crippen LogP contribution in [0.25, 0.3) is 0 Å². The van der Waals surface area contributed by atoms with Crippen LogP contribution in [0.5, 0.6) is 0 Å². The molecule has 0 saturated carbocycles. The number of carbonyl (C=O) groups excluding carboxylic acids is 1. The van der Waals surface area contributed by atoms with Gasteiger partial charge in [-0.25, -0.2) is 13.1 Å². The first-order valence-corrected chi connectivity index (χ1v) is 5.25. The van der Waals surface area contributed by atoms with E-state index in [9.17, 15) is 13.2 Å². The number of hydrogen-bond acceptors (Lipinski definition) is 3. The number of Topliss-reactive ketones (excluding diaryl/α,β-unsaturated/α-hetero) is 1. The number of carbonyl (C=O) groups is 1. The molecule has 0 fully saturated rings. The minimum atomic E-state index is -3.08. The van der Waals surface area contributed by atoms with E-state index in [-0.39, 0.29) is 5.78 Å². The fourth-order valence-corrected chi connectivity index (χ4v) is 1.11. The molecule has 0 heterocycles. The first kappa shape index (κ1) is 10.6. The summed E-state index contributed by atoms with van der Waals surface area (Å²) in [5, 5.41) is 0. The predicted molar refractivity (Wildman–Crippen MR) is 42.8 cm³/mol. The third-order valence-corrected chi connectivity index (χ3v) is 1.80. The fraction of sp³-hybridized carbons (Fsp3) is 0.833. The van der Waals surface area contributed by atoms with Crippen molar-refractivity contribution in [2.24, 2.45) is 0 Å². The minimum absolute atomic E-state index is 0.0836. The van der Waals surface area contributed by atoms with Crippen molar-refractivity contribution in [2.45, 2.75) is 19.8 Å². The van der Waals surface area contributed by atoms with E-state index < -0.39 is 10.0 Å². The van der Waals surface area contributed by atoms with Crippen molar-refractivity contribution in [3.05, 3.63) is 0 Å². The average molecular weight is 179 g/mol. The van der Waals surface area contributed by atoms with Crippen LogP contribution < -0.4 is 4.72 Å². The quantitative estimate of drug-likeness (QED) is 0.600. The summed E-state index contributed by atoms with van der Waals surface area (Å²) >= 11 is 0. The van der Waals surface area contributed by atoms with E-state index in [4.69, 9.17) is 0 Å². The summed E-state index contributed by atoms with van der Waals surface area (Å²) in [7, 11) is -3.08. The van der Waals surface area contributed by atoms with Crippen LogP contribution in [0.1, 0.15) is 19.8 Å². The standard InChI is InChI=1S/C6H13NO3S/c1-6(8)4-3-5-7-11(2,9)10/h7H,3-5H2,1-2H3. The third-order valence-electron chi connectivity index (χ3n) is 1.07. The predicted octanol–water partition coefficient (Wildman–Crippen LogP) is -0.0952.